The normalized spacial score (nSPS) is 34.5. The number of allylic oxidation sites excluding steroid dienone is 3. The van der Waals surface area contributed by atoms with Gasteiger partial charge in [-0.1, -0.05) is 42.3 Å². The Morgan fingerprint density at radius 1 is 1.23 bits per heavy atom. The molecule has 4 rings (SSSR count). The number of anilines is 1. The number of methoxy groups -OCH3 is 2. The zero-order valence-electron chi connectivity index (χ0n) is 28.2. The molecule has 0 saturated carbocycles. The van der Waals surface area contributed by atoms with Gasteiger partial charge in [-0.25, -0.2) is 9.59 Å². The van der Waals surface area contributed by atoms with Crippen LogP contribution in [0.4, 0.5) is 10.5 Å². The summed E-state index contributed by atoms with van der Waals surface area (Å²) in [6, 6.07) is 2.27. The molecule has 2 fully saturated rings. The first kappa shape index (κ1) is 37.1. The van der Waals surface area contributed by atoms with E-state index in [1.54, 1.807) is 44.2 Å². The van der Waals surface area contributed by atoms with Crippen LogP contribution in [0.15, 0.2) is 35.9 Å². The third kappa shape index (κ3) is 7.62. The molecule has 2 saturated heterocycles. The Labute approximate surface area is 284 Å². The van der Waals surface area contributed by atoms with Gasteiger partial charge in [0.05, 0.1) is 18.9 Å². The number of fused-ring (bicyclic) bond motifs is 5. The second kappa shape index (κ2) is 14.4. The molecule has 2 unspecified atom stereocenters. The van der Waals surface area contributed by atoms with Gasteiger partial charge in [0.2, 0.25) is 5.91 Å². The Morgan fingerprint density at radius 3 is 2.54 bits per heavy atom. The minimum absolute atomic E-state index is 0.0811. The maximum atomic E-state index is 13.7. The lowest BCUT2D eigenvalue weighted by atomic mass is 9.83. The molecule has 0 aliphatic carbocycles. The van der Waals surface area contributed by atoms with Crippen molar-refractivity contribution in [1.29, 1.82) is 0 Å². The molecule has 0 radical (unpaired) electrons. The molecule has 1 aromatic rings. The van der Waals surface area contributed by atoms with E-state index in [0.717, 1.165) is 10.5 Å². The number of esters is 1. The Bertz CT molecular complexity index is 1500. The van der Waals surface area contributed by atoms with E-state index in [4.69, 9.17) is 35.3 Å². The quantitative estimate of drug-likeness (QED) is 0.262. The zero-order valence-corrected chi connectivity index (χ0v) is 29.0. The number of nitrogens with one attached hydrogen (secondary N) is 2. The van der Waals surface area contributed by atoms with Crippen LogP contribution in [0.1, 0.15) is 46.6 Å². The number of carbonyl (C=O) groups excluding carboxylic acids is 4. The molecule has 3 aliphatic heterocycles. The number of hydrogen-bond donors (Lipinski definition) is 4. The molecule has 0 aromatic heterocycles. The first-order valence-electron chi connectivity index (χ1n) is 15.5. The van der Waals surface area contributed by atoms with E-state index in [0.29, 0.717) is 12.0 Å². The molecule has 3 heterocycles. The lowest BCUT2D eigenvalue weighted by Crippen LogP contribution is -2.63. The number of carbonyl (C=O) groups is 4. The summed E-state index contributed by atoms with van der Waals surface area (Å²) in [5.74, 6) is -2.62. The molecule has 4 N–H and O–H groups in total. The van der Waals surface area contributed by atoms with Crippen LogP contribution in [0.3, 0.4) is 0 Å². The van der Waals surface area contributed by atoms with E-state index >= 15 is 0 Å². The van der Waals surface area contributed by atoms with E-state index in [9.17, 15) is 29.4 Å². The van der Waals surface area contributed by atoms with Crippen molar-refractivity contribution >= 4 is 41.2 Å². The van der Waals surface area contributed by atoms with Gasteiger partial charge in [0.1, 0.15) is 34.6 Å². The van der Waals surface area contributed by atoms with Crippen molar-refractivity contribution in [3.05, 3.63) is 46.5 Å². The SMILES string of the molecule is COc1cc2cc(c1Cl)NC(=O)C(O)[C@H](OC(=O)[C@H](C)N(C)C(C)=O)[C@]1(C)O[C@H]1[C@H](C)[C@@H]1C[C@@](O)(NC(=O)O1)C(OC)/C=C/C=C(\C)C2. The maximum absolute atomic E-state index is 13.7. The summed E-state index contributed by atoms with van der Waals surface area (Å²) in [5, 5.41) is 28.3. The van der Waals surface area contributed by atoms with Crippen molar-refractivity contribution in [3.8, 4) is 5.75 Å². The first-order chi connectivity index (χ1) is 22.4. The maximum Gasteiger partial charge on any atom is 0.409 e. The van der Waals surface area contributed by atoms with Gasteiger partial charge in [0.15, 0.2) is 17.9 Å². The summed E-state index contributed by atoms with van der Waals surface area (Å²) in [6.45, 7) is 7.85. The molecule has 15 heteroatoms. The van der Waals surface area contributed by atoms with Crippen LogP contribution in [0.25, 0.3) is 0 Å². The molecule has 3 aliphatic rings. The topological polar surface area (TPSA) is 185 Å². The minimum atomic E-state index is -1.99. The number of aliphatic hydroxyl groups is 2. The molecule has 1 aromatic carbocycles. The lowest BCUT2D eigenvalue weighted by Gasteiger charge is -2.42. The van der Waals surface area contributed by atoms with Gasteiger partial charge >= 0.3 is 12.1 Å². The van der Waals surface area contributed by atoms with Crippen molar-refractivity contribution in [3.63, 3.8) is 0 Å². The summed E-state index contributed by atoms with van der Waals surface area (Å²) in [5.41, 5.74) is -1.61. The smallest absolute Gasteiger partial charge is 0.409 e. The van der Waals surface area contributed by atoms with E-state index in [1.165, 1.54) is 35.1 Å². The van der Waals surface area contributed by atoms with Crippen molar-refractivity contribution in [2.45, 2.75) is 95.3 Å². The first-order valence-corrected chi connectivity index (χ1v) is 15.9. The summed E-state index contributed by atoms with van der Waals surface area (Å²) >= 11 is 6.56. The van der Waals surface area contributed by atoms with Gasteiger partial charge in [-0.3, -0.25) is 14.9 Å². The number of hydrogen-bond acceptors (Lipinski definition) is 11. The average molecular weight is 694 g/mol. The van der Waals surface area contributed by atoms with Crippen molar-refractivity contribution in [2.75, 3.05) is 26.6 Å². The summed E-state index contributed by atoms with van der Waals surface area (Å²) in [4.78, 5) is 52.8. The number of amides is 3. The molecule has 264 valence electrons. The van der Waals surface area contributed by atoms with Crippen LogP contribution in [-0.4, -0.2) is 108 Å². The van der Waals surface area contributed by atoms with Crippen LogP contribution >= 0.6 is 11.6 Å². The molecule has 48 heavy (non-hydrogen) atoms. The number of epoxide rings is 1. The van der Waals surface area contributed by atoms with Gasteiger partial charge in [0, 0.05) is 33.4 Å². The second-order valence-corrected chi connectivity index (χ2v) is 13.1. The van der Waals surface area contributed by atoms with Crippen LogP contribution in [0.2, 0.25) is 5.02 Å². The number of halogens is 1. The highest BCUT2D eigenvalue weighted by molar-refractivity contribution is 6.35. The van der Waals surface area contributed by atoms with Gasteiger partial charge in [-0.05, 0) is 44.9 Å². The Hall–Kier alpha value is -3.69. The molecular weight excluding hydrogens is 650 g/mol. The average Bonchev–Trinajstić information content (AvgIpc) is 3.72. The predicted molar refractivity (Wildman–Crippen MR) is 173 cm³/mol. The monoisotopic (exact) mass is 693 g/mol. The standard InChI is InChI=1S/C33H44ClN3O11/c1-16-10-9-11-24(45-8)33(43)15-23(46-31(42)36-33)17(2)27-32(5,48-27)28(47-30(41)18(3)37(6)19(4)38)26(39)29(40)35-21-13-20(12-16)14-22(44-7)25(21)34/h9-11,13-14,17-18,23-24,26-28,39,43H,12,15H2,1-8H3,(H,35,40)(H,36,42)/b11-9+,16-10+/t17-,18+,23+,24?,26?,27+,28+,32-,33+/m1/s1. The summed E-state index contributed by atoms with van der Waals surface area (Å²) in [7, 11) is 4.24. The fraction of sp³-hybridized carbons (Fsp3) is 0.576. The highest BCUT2D eigenvalue weighted by Crippen LogP contribution is 2.49. The van der Waals surface area contributed by atoms with Gasteiger partial charge in [0.25, 0.3) is 5.91 Å². The Balaban J connectivity index is 1.80. The molecule has 4 bridgehead atoms. The summed E-state index contributed by atoms with van der Waals surface area (Å²) < 4.78 is 28.4. The van der Waals surface area contributed by atoms with E-state index in [1.807, 2.05) is 6.92 Å². The Kier molecular flexibility index (Phi) is 11.2. The number of alkyl carbamates (subject to hydrolysis) is 1. The molecule has 3 amide bonds. The number of aliphatic hydroxyl groups excluding tert-OH is 1. The van der Waals surface area contributed by atoms with Crippen LogP contribution in [-0.2, 0) is 39.8 Å². The highest BCUT2D eigenvalue weighted by atomic mass is 35.5. The fourth-order valence-electron chi connectivity index (χ4n) is 6.14. The van der Waals surface area contributed by atoms with E-state index < -0.39 is 77.7 Å². The van der Waals surface area contributed by atoms with Crippen LogP contribution in [0.5, 0.6) is 5.75 Å². The van der Waals surface area contributed by atoms with Crippen LogP contribution < -0.4 is 15.4 Å². The predicted octanol–water partition coefficient (Wildman–Crippen LogP) is 2.48. The number of likely N-dealkylation sites (N-methyl/N-ethyl adjacent to an activating group) is 1. The number of benzene rings is 1. The minimum Gasteiger partial charge on any atom is -0.495 e. The second-order valence-electron chi connectivity index (χ2n) is 12.8. The van der Waals surface area contributed by atoms with Gasteiger partial charge in [-0.15, -0.1) is 0 Å². The van der Waals surface area contributed by atoms with Crippen molar-refractivity contribution in [1.82, 2.24) is 10.2 Å². The van der Waals surface area contributed by atoms with Crippen LogP contribution in [0, 0.1) is 5.92 Å². The van der Waals surface area contributed by atoms with Gasteiger partial charge in [-0.2, -0.15) is 0 Å². The van der Waals surface area contributed by atoms with E-state index in [2.05, 4.69) is 10.6 Å². The van der Waals surface area contributed by atoms with Crippen molar-refractivity contribution < 1.29 is 53.1 Å². The lowest BCUT2D eigenvalue weighted by molar-refractivity contribution is -0.169. The third-order valence-corrected chi connectivity index (χ3v) is 9.67. The zero-order chi connectivity index (χ0) is 35.7. The molecule has 9 atom stereocenters. The number of nitrogens with zero attached hydrogens (tertiary/aromatic N) is 1. The van der Waals surface area contributed by atoms with E-state index in [-0.39, 0.29) is 22.9 Å². The highest BCUT2D eigenvalue weighted by Gasteiger charge is 2.66. The number of ether oxygens (including phenoxy) is 5. The van der Waals surface area contributed by atoms with Crippen molar-refractivity contribution in [2.24, 2.45) is 5.92 Å². The Morgan fingerprint density at radius 2 is 1.92 bits per heavy atom. The molecule has 0 spiro atoms. The molecular formula is C33H44ClN3O11. The third-order valence-electron chi connectivity index (χ3n) is 9.28. The largest absolute Gasteiger partial charge is 0.495 e. The fourth-order valence-corrected chi connectivity index (χ4v) is 6.37. The summed E-state index contributed by atoms with van der Waals surface area (Å²) in [6.07, 6.45) is -1.79. The molecule has 14 nitrogen and oxygen atoms in total. The number of rotatable bonds is 5. The van der Waals surface area contributed by atoms with Gasteiger partial charge < -0.3 is 44.1 Å².